The summed E-state index contributed by atoms with van der Waals surface area (Å²) in [6, 6.07) is 0.133. The van der Waals surface area contributed by atoms with Crippen molar-refractivity contribution in [2.24, 2.45) is 5.92 Å². The van der Waals surface area contributed by atoms with Gasteiger partial charge in [-0.1, -0.05) is 29.8 Å². The number of nitrogens with one attached hydrogen (secondary N) is 1. The number of rotatable bonds is 8. The lowest BCUT2D eigenvalue weighted by molar-refractivity contribution is -0.122. The molecule has 0 radical (unpaired) electrons. The van der Waals surface area contributed by atoms with Gasteiger partial charge in [0, 0.05) is 18.9 Å². The van der Waals surface area contributed by atoms with Crippen molar-refractivity contribution in [2.45, 2.75) is 39.2 Å². The van der Waals surface area contributed by atoms with Crippen LogP contribution in [0, 0.1) is 5.92 Å². The molecule has 0 rings (SSSR count). The molecule has 3 nitrogen and oxygen atoms in total. The van der Waals surface area contributed by atoms with Gasteiger partial charge in [0.1, 0.15) is 0 Å². The maximum Gasteiger partial charge on any atom is 0.220 e. The van der Waals surface area contributed by atoms with Crippen molar-refractivity contribution < 1.29 is 9.53 Å². The lowest BCUT2D eigenvalue weighted by atomic mass is 10.1. The van der Waals surface area contributed by atoms with Crippen LogP contribution >= 0.6 is 15.9 Å². The molecule has 90 valence electrons. The summed E-state index contributed by atoms with van der Waals surface area (Å²) < 4.78 is 5.05. The SMILES string of the molecule is COCC(CCBr)NC(=O)CCC(C)C. The molecule has 1 N–H and O–H groups in total. The molecule has 4 heteroatoms. The topological polar surface area (TPSA) is 38.3 Å². The average molecular weight is 280 g/mol. The van der Waals surface area contributed by atoms with Crippen LogP contribution in [0.4, 0.5) is 0 Å². The quantitative estimate of drug-likeness (QED) is 0.693. The number of hydrogen-bond donors (Lipinski definition) is 1. The van der Waals surface area contributed by atoms with Crippen molar-refractivity contribution in [2.75, 3.05) is 19.0 Å². The average Bonchev–Trinajstić information content (AvgIpc) is 2.15. The second-order valence-electron chi connectivity index (χ2n) is 4.13. The Labute approximate surface area is 101 Å². The fourth-order valence-corrected chi connectivity index (χ4v) is 1.80. The second kappa shape index (κ2) is 9.16. The molecular weight excluding hydrogens is 258 g/mol. The first kappa shape index (κ1) is 14.9. The number of alkyl halides is 1. The molecule has 1 unspecified atom stereocenters. The van der Waals surface area contributed by atoms with Crippen LogP contribution in [0.2, 0.25) is 0 Å². The second-order valence-corrected chi connectivity index (χ2v) is 4.92. The first-order valence-electron chi connectivity index (χ1n) is 5.44. The van der Waals surface area contributed by atoms with Crippen molar-refractivity contribution in [1.82, 2.24) is 5.32 Å². The summed E-state index contributed by atoms with van der Waals surface area (Å²) in [4.78, 5) is 11.5. The summed E-state index contributed by atoms with van der Waals surface area (Å²) in [5.41, 5.74) is 0. The summed E-state index contributed by atoms with van der Waals surface area (Å²) in [6.07, 6.45) is 2.46. The highest BCUT2D eigenvalue weighted by atomic mass is 79.9. The Morgan fingerprint density at radius 1 is 1.40 bits per heavy atom. The summed E-state index contributed by atoms with van der Waals surface area (Å²) in [5.74, 6) is 0.708. The largest absolute Gasteiger partial charge is 0.383 e. The fourth-order valence-electron chi connectivity index (χ4n) is 1.25. The standard InChI is InChI=1S/C11H22BrNO2/c1-9(2)4-5-11(14)13-10(6-7-12)8-15-3/h9-10H,4-8H2,1-3H3,(H,13,14). The molecule has 0 aromatic carbocycles. The van der Waals surface area contributed by atoms with Gasteiger partial charge in [-0.3, -0.25) is 4.79 Å². The molecule has 15 heavy (non-hydrogen) atoms. The minimum Gasteiger partial charge on any atom is -0.383 e. The molecule has 0 bridgehead atoms. The molecule has 0 aromatic rings. The highest BCUT2D eigenvalue weighted by molar-refractivity contribution is 9.09. The van der Waals surface area contributed by atoms with E-state index in [1.807, 2.05) is 0 Å². The highest BCUT2D eigenvalue weighted by Crippen LogP contribution is 2.04. The molecule has 0 heterocycles. The molecule has 0 fully saturated rings. The van der Waals surface area contributed by atoms with E-state index in [9.17, 15) is 4.79 Å². The number of carbonyl (C=O) groups excluding carboxylic acids is 1. The van der Waals surface area contributed by atoms with E-state index in [-0.39, 0.29) is 11.9 Å². The van der Waals surface area contributed by atoms with Crippen LogP contribution in [0.3, 0.4) is 0 Å². The summed E-state index contributed by atoms with van der Waals surface area (Å²) >= 11 is 3.37. The number of halogens is 1. The van der Waals surface area contributed by atoms with Crippen LogP contribution in [0.5, 0.6) is 0 Å². The zero-order valence-electron chi connectivity index (χ0n) is 9.88. The lowest BCUT2D eigenvalue weighted by Gasteiger charge is -2.17. The van der Waals surface area contributed by atoms with Gasteiger partial charge in [-0.25, -0.2) is 0 Å². The van der Waals surface area contributed by atoms with Gasteiger partial charge >= 0.3 is 0 Å². The first-order valence-corrected chi connectivity index (χ1v) is 6.56. The number of ether oxygens (including phenoxy) is 1. The molecule has 1 amide bonds. The third-order valence-electron chi connectivity index (χ3n) is 2.14. The Morgan fingerprint density at radius 3 is 2.53 bits per heavy atom. The van der Waals surface area contributed by atoms with Gasteiger partial charge in [0.2, 0.25) is 5.91 Å². The lowest BCUT2D eigenvalue weighted by Crippen LogP contribution is -2.38. The predicted octanol–water partition coefficient (Wildman–Crippen LogP) is 2.34. The van der Waals surface area contributed by atoms with Crippen LogP contribution in [-0.4, -0.2) is 31.0 Å². The zero-order chi connectivity index (χ0) is 11.7. The van der Waals surface area contributed by atoms with E-state index in [4.69, 9.17) is 4.74 Å². The number of amides is 1. The molecule has 0 spiro atoms. The third-order valence-corrected chi connectivity index (χ3v) is 2.60. The van der Waals surface area contributed by atoms with Gasteiger partial charge in [-0.2, -0.15) is 0 Å². The Hall–Kier alpha value is -0.0900. The van der Waals surface area contributed by atoms with E-state index >= 15 is 0 Å². The number of carbonyl (C=O) groups is 1. The number of methoxy groups -OCH3 is 1. The molecule has 0 aromatic heterocycles. The zero-order valence-corrected chi connectivity index (χ0v) is 11.5. The van der Waals surface area contributed by atoms with E-state index in [1.54, 1.807) is 7.11 Å². The summed E-state index contributed by atoms with van der Waals surface area (Å²) in [7, 11) is 1.65. The molecule has 0 aliphatic rings. The predicted molar refractivity (Wildman–Crippen MR) is 66.3 cm³/mol. The van der Waals surface area contributed by atoms with E-state index in [0.29, 0.717) is 18.9 Å². The Balaban J connectivity index is 3.77. The molecule has 1 atom stereocenters. The minimum atomic E-state index is 0.131. The minimum absolute atomic E-state index is 0.131. The van der Waals surface area contributed by atoms with Gasteiger partial charge in [0.15, 0.2) is 0 Å². The molecule has 0 saturated heterocycles. The molecule has 0 saturated carbocycles. The monoisotopic (exact) mass is 279 g/mol. The van der Waals surface area contributed by atoms with Gasteiger partial charge in [-0.15, -0.1) is 0 Å². The van der Waals surface area contributed by atoms with Crippen LogP contribution in [0.1, 0.15) is 33.1 Å². The van der Waals surface area contributed by atoms with Gasteiger partial charge in [0.05, 0.1) is 12.6 Å². The Morgan fingerprint density at radius 2 is 2.07 bits per heavy atom. The maximum absolute atomic E-state index is 11.5. The van der Waals surface area contributed by atoms with E-state index in [1.165, 1.54) is 0 Å². The maximum atomic E-state index is 11.5. The molecule has 0 aliphatic heterocycles. The van der Waals surface area contributed by atoms with E-state index in [2.05, 4.69) is 35.1 Å². The fraction of sp³-hybridized carbons (Fsp3) is 0.909. The van der Waals surface area contributed by atoms with Crippen molar-refractivity contribution in [3.63, 3.8) is 0 Å². The van der Waals surface area contributed by atoms with Crippen molar-refractivity contribution in [3.05, 3.63) is 0 Å². The highest BCUT2D eigenvalue weighted by Gasteiger charge is 2.11. The first-order chi connectivity index (χ1) is 7.10. The van der Waals surface area contributed by atoms with Gasteiger partial charge < -0.3 is 10.1 Å². The van der Waals surface area contributed by atoms with E-state index < -0.39 is 0 Å². The van der Waals surface area contributed by atoms with Crippen LogP contribution in [0.15, 0.2) is 0 Å². The molecular formula is C11H22BrNO2. The smallest absolute Gasteiger partial charge is 0.220 e. The number of hydrogen-bond acceptors (Lipinski definition) is 2. The normalized spacial score (nSPS) is 12.9. The van der Waals surface area contributed by atoms with Gasteiger partial charge in [0.25, 0.3) is 0 Å². The van der Waals surface area contributed by atoms with Crippen molar-refractivity contribution >= 4 is 21.8 Å². The van der Waals surface area contributed by atoms with Crippen LogP contribution in [-0.2, 0) is 9.53 Å². The van der Waals surface area contributed by atoms with Crippen LogP contribution < -0.4 is 5.32 Å². The third kappa shape index (κ3) is 8.88. The van der Waals surface area contributed by atoms with E-state index in [0.717, 1.165) is 18.2 Å². The van der Waals surface area contributed by atoms with Crippen molar-refractivity contribution in [3.8, 4) is 0 Å². The summed E-state index contributed by atoms with van der Waals surface area (Å²) in [5, 5.41) is 3.86. The van der Waals surface area contributed by atoms with Gasteiger partial charge in [-0.05, 0) is 18.8 Å². The Kier molecular flexibility index (Phi) is 9.10. The molecule has 0 aliphatic carbocycles. The summed E-state index contributed by atoms with van der Waals surface area (Å²) in [6.45, 7) is 4.83. The van der Waals surface area contributed by atoms with Crippen LogP contribution in [0.25, 0.3) is 0 Å². The van der Waals surface area contributed by atoms with Crippen molar-refractivity contribution in [1.29, 1.82) is 0 Å². The Bertz CT molecular complexity index is 168.